The van der Waals surface area contributed by atoms with Gasteiger partial charge in [-0.1, -0.05) is 54.6 Å². The van der Waals surface area contributed by atoms with Gasteiger partial charge >= 0.3 is 0 Å². The number of rotatable bonds is 3. The number of fused-ring (bicyclic) bond motifs is 1. The van der Waals surface area contributed by atoms with Crippen LogP contribution in [0.3, 0.4) is 0 Å². The van der Waals surface area contributed by atoms with Gasteiger partial charge < -0.3 is 5.73 Å². The Morgan fingerprint density at radius 3 is 2.36 bits per heavy atom. The zero-order valence-electron chi connectivity index (χ0n) is 15.8. The highest BCUT2D eigenvalue weighted by atomic mass is 79.9. The summed E-state index contributed by atoms with van der Waals surface area (Å²) < 4.78 is 3.23. The molecule has 0 spiro atoms. The fraction of sp³-hybridized carbons (Fsp3) is 0.208. The van der Waals surface area contributed by atoms with E-state index in [1.165, 1.54) is 12.0 Å². The summed E-state index contributed by atoms with van der Waals surface area (Å²) in [4.78, 5) is 5.04. The van der Waals surface area contributed by atoms with Crippen LogP contribution in [0, 0.1) is 6.92 Å². The molecule has 4 heteroatoms. The number of pyridine rings is 1. The van der Waals surface area contributed by atoms with Gasteiger partial charge in [-0.3, -0.25) is 4.40 Å². The topological polar surface area (TPSA) is 43.3 Å². The quantitative estimate of drug-likeness (QED) is 0.427. The Morgan fingerprint density at radius 1 is 1.00 bits per heavy atom. The van der Waals surface area contributed by atoms with Crippen molar-refractivity contribution in [2.75, 3.05) is 0 Å². The Hall–Kier alpha value is -2.43. The summed E-state index contributed by atoms with van der Waals surface area (Å²) in [6, 6.07) is 21.3. The molecule has 0 unspecified atom stereocenters. The first-order chi connectivity index (χ1) is 13.5. The molecule has 0 radical (unpaired) electrons. The molecule has 2 aromatic carbocycles. The molecule has 1 fully saturated rings. The van der Waals surface area contributed by atoms with Crippen molar-refractivity contribution >= 4 is 21.6 Å². The average Bonchev–Trinajstić information content (AvgIpc) is 3.06. The number of nitrogens with two attached hydrogens (primary N) is 1. The first-order valence-electron chi connectivity index (χ1n) is 9.69. The monoisotopic (exact) mass is 431 g/mol. The third-order valence-corrected chi connectivity index (χ3v) is 6.33. The summed E-state index contributed by atoms with van der Waals surface area (Å²) >= 11 is 3.64. The van der Waals surface area contributed by atoms with Crippen molar-refractivity contribution in [3.63, 3.8) is 0 Å². The summed E-state index contributed by atoms with van der Waals surface area (Å²) in [7, 11) is 0. The number of halogens is 1. The normalized spacial score (nSPS) is 15.5. The van der Waals surface area contributed by atoms with Crippen molar-refractivity contribution in [2.45, 2.75) is 31.7 Å². The van der Waals surface area contributed by atoms with E-state index in [-0.39, 0.29) is 5.54 Å². The molecule has 0 aliphatic heterocycles. The maximum absolute atomic E-state index is 6.51. The van der Waals surface area contributed by atoms with Crippen LogP contribution in [0.5, 0.6) is 0 Å². The summed E-state index contributed by atoms with van der Waals surface area (Å²) in [6.07, 6.45) is 5.46. The molecule has 2 heterocycles. The third kappa shape index (κ3) is 2.79. The van der Waals surface area contributed by atoms with Gasteiger partial charge in [0.05, 0.1) is 11.4 Å². The minimum absolute atomic E-state index is 0.138. The summed E-state index contributed by atoms with van der Waals surface area (Å²) in [5, 5.41) is 0. The number of hydrogen-bond acceptors (Lipinski definition) is 2. The van der Waals surface area contributed by atoms with E-state index in [2.05, 4.69) is 88.0 Å². The van der Waals surface area contributed by atoms with E-state index < -0.39 is 0 Å². The van der Waals surface area contributed by atoms with Crippen LogP contribution in [0.1, 0.15) is 30.4 Å². The van der Waals surface area contributed by atoms with Crippen LogP contribution < -0.4 is 5.73 Å². The summed E-state index contributed by atoms with van der Waals surface area (Å²) in [5.74, 6) is 0. The van der Waals surface area contributed by atoms with Crippen molar-refractivity contribution in [1.29, 1.82) is 0 Å². The lowest BCUT2D eigenvalue weighted by molar-refractivity contribution is 0.253. The Morgan fingerprint density at radius 2 is 1.71 bits per heavy atom. The predicted octanol–water partition coefficient (Wildman–Crippen LogP) is 6.08. The minimum atomic E-state index is -0.138. The third-order valence-electron chi connectivity index (χ3n) is 5.90. The van der Waals surface area contributed by atoms with Crippen LogP contribution in [0.25, 0.3) is 28.2 Å². The number of hydrogen-bond donors (Lipinski definition) is 1. The molecule has 1 aliphatic carbocycles. The fourth-order valence-electron chi connectivity index (χ4n) is 4.15. The first-order valence-corrected chi connectivity index (χ1v) is 10.5. The van der Waals surface area contributed by atoms with Crippen LogP contribution in [-0.2, 0) is 5.54 Å². The van der Waals surface area contributed by atoms with E-state index in [1.807, 2.05) is 6.07 Å². The first kappa shape index (κ1) is 17.7. The molecule has 2 aromatic heterocycles. The maximum atomic E-state index is 6.51. The maximum Gasteiger partial charge on any atom is 0.140 e. The Bertz CT molecular complexity index is 1160. The van der Waals surface area contributed by atoms with E-state index in [0.717, 1.165) is 51.0 Å². The highest BCUT2D eigenvalue weighted by Crippen LogP contribution is 2.40. The second kappa shape index (κ2) is 6.57. The number of aryl methyl sites for hydroxylation is 1. The molecule has 140 valence electrons. The van der Waals surface area contributed by atoms with Gasteiger partial charge in [0.25, 0.3) is 0 Å². The smallest absolute Gasteiger partial charge is 0.140 e. The van der Waals surface area contributed by atoms with E-state index in [1.54, 1.807) is 0 Å². The summed E-state index contributed by atoms with van der Waals surface area (Å²) in [6.45, 7) is 2.10. The summed E-state index contributed by atoms with van der Waals surface area (Å²) in [5.41, 5.74) is 14.1. The average molecular weight is 432 g/mol. The second-order valence-electron chi connectivity index (χ2n) is 7.80. The Kier molecular flexibility index (Phi) is 4.14. The lowest BCUT2D eigenvalue weighted by Crippen LogP contribution is -2.43. The van der Waals surface area contributed by atoms with E-state index in [0.29, 0.717) is 0 Å². The SMILES string of the molecule is Cc1cc(Br)cn2c(-c3ccccc3)c(-c3ccc(C4(N)CCC4)cc3)nc12. The van der Waals surface area contributed by atoms with Crippen LogP contribution >= 0.6 is 15.9 Å². The van der Waals surface area contributed by atoms with Gasteiger partial charge in [-0.2, -0.15) is 0 Å². The highest BCUT2D eigenvalue weighted by molar-refractivity contribution is 9.10. The molecule has 28 heavy (non-hydrogen) atoms. The molecule has 3 nitrogen and oxygen atoms in total. The van der Waals surface area contributed by atoms with Crippen LogP contribution in [0.2, 0.25) is 0 Å². The van der Waals surface area contributed by atoms with Gasteiger partial charge in [0.15, 0.2) is 0 Å². The standard InChI is InChI=1S/C24H22BrN3/c1-16-14-20(25)15-28-22(18-6-3-2-4-7-18)21(27-23(16)28)17-8-10-19(11-9-17)24(26)12-5-13-24/h2-4,6-11,14-15H,5,12-13,26H2,1H3. The predicted molar refractivity (Wildman–Crippen MR) is 118 cm³/mol. The highest BCUT2D eigenvalue weighted by Gasteiger charge is 2.34. The van der Waals surface area contributed by atoms with Crippen molar-refractivity contribution in [2.24, 2.45) is 5.73 Å². The molecule has 1 saturated carbocycles. The molecule has 0 amide bonds. The molecule has 5 rings (SSSR count). The van der Waals surface area contributed by atoms with Crippen molar-refractivity contribution in [1.82, 2.24) is 9.38 Å². The Labute approximate surface area is 173 Å². The molecular formula is C24H22BrN3. The van der Waals surface area contributed by atoms with Gasteiger partial charge in [-0.05, 0) is 59.3 Å². The van der Waals surface area contributed by atoms with Gasteiger partial charge in [-0.15, -0.1) is 0 Å². The van der Waals surface area contributed by atoms with Crippen LogP contribution in [0.15, 0.2) is 71.3 Å². The van der Waals surface area contributed by atoms with E-state index in [9.17, 15) is 0 Å². The molecule has 0 bridgehead atoms. The number of imidazole rings is 1. The van der Waals surface area contributed by atoms with Gasteiger partial charge in [0, 0.05) is 27.3 Å². The van der Waals surface area contributed by atoms with Crippen molar-refractivity contribution in [3.8, 4) is 22.5 Å². The fourth-order valence-corrected chi connectivity index (χ4v) is 4.70. The lowest BCUT2D eigenvalue weighted by Gasteiger charge is -2.38. The Balaban J connectivity index is 1.72. The molecule has 2 N–H and O–H groups in total. The van der Waals surface area contributed by atoms with Crippen molar-refractivity contribution in [3.05, 3.63) is 82.5 Å². The molecule has 1 aliphatic rings. The van der Waals surface area contributed by atoms with Crippen LogP contribution in [0.4, 0.5) is 0 Å². The van der Waals surface area contributed by atoms with Crippen LogP contribution in [-0.4, -0.2) is 9.38 Å². The molecule has 0 atom stereocenters. The minimum Gasteiger partial charge on any atom is -0.321 e. The van der Waals surface area contributed by atoms with E-state index >= 15 is 0 Å². The van der Waals surface area contributed by atoms with E-state index in [4.69, 9.17) is 10.7 Å². The molecule has 0 saturated heterocycles. The van der Waals surface area contributed by atoms with Gasteiger partial charge in [0.2, 0.25) is 0 Å². The molecule has 4 aromatic rings. The molecular weight excluding hydrogens is 410 g/mol. The number of aromatic nitrogens is 2. The van der Waals surface area contributed by atoms with Gasteiger partial charge in [-0.25, -0.2) is 4.98 Å². The van der Waals surface area contributed by atoms with Crippen molar-refractivity contribution < 1.29 is 0 Å². The zero-order valence-corrected chi connectivity index (χ0v) is 17.4. The lowest BCUT2D eigenvalue weighted by atomic mass is 9.72. The zero-order chi connectivity index (χ0) is 19.3. The largest absolute Gasteiger partial charge is 0.321 e. The second-order valence-corrected chi connectivity index (χ2v) is 8.71. The number of benzene rings is 2. The number of nitrogens with zero attached hydrogens (tertiary/aromatic N) is 2. The van der Waals surface area contributed by atoms with Gasteiger partial charge in [0.1, 0.15) is 5.65 Å².